The van der Waals surface area contributed by atoms with Gasteiger partial charge in [-0.2, -0.15) is 0 Å². The second-order valence-corrected chi connectivity index (χ2v) is 4.87. The van der Waals surface area contributed by atoms with E-state index in [-0.39, 0.29) is 23.9 Å². The highest BCUT2D eigenvalue weighted by atomic mass is 16.4. The van der Waals surface area contributed by atoms with Gasteiger partial charge in [0.25, 0.3) is 0 Å². The van der Waals surface area contributed by atoms with E-state index in [1.54, 1.807) is 0 Å². The van der Waals surface area contributed by atoms with Gasteiger partial charge in [-0.1, -0.05) is 13.3 Å². The van der Waals surface area contributed by atoms with Gasteiger partial charge >= 0.3 is 5.97 Å². The molecule has 1 saturated carbocycles. The molecule has 4 N–H and O–H groups in total. The largest absolute Gasteiger partial charge is 0.481 e. The second-order valence-electron chi connectivity index (χ2n) is 4.87. The minimum absolute atomic E-state index is 0.0115. The molecule has 0 spiro atoms. The Bertz CT molecular complexity index is 281. The van der Waals surface area contributed by atoms with Crippen molar-refractivity contribution in [3.63, 3.8) is 0 Å². The molecule has 5 heteroatoms. The van der Waals surface area contributed by atoms with Crippen LogP contribution in [-0.2, 0) is 9.59 Å². The van der Waals surface area contributed by atoms with Crippen LogP contribution in [0.2, 0.25) is 0 Å². The third-order valence-electron chi connectivity index (χ3n) is 3.25. The van der Waals surface area contributed by atoms with Crippen molar-refractivity contribution < 1.29 is 14.7 Å². The molecule has 1 rings (SSSR count). The first-order valence-corrected chi connectivity index (χ1v) is 6.30. The Labute approximate surface area is 102 Å². The average molecular weight is 242 g/mol. The van der Waals surface area contributed by atoms with Crippen molar-refractivity contribution in [2.24, 2.45) is 11.7 Å². The summed E-state index contributed by atoms with van der Waals surface area (Å²) in [6, 6.07) is -0.0749. The fourth-order valence-corrected chi connectivity index (χ4v) is 2.33. The topological polar surface area (TPSA) is 92.4 Å². The van der Waals surface area contributed by atoms with Gasteiger partial charge in [0, 0.05) is 18.5 Å². The quantitative estimate of drug-likeness (QED) is 0.644. The number of hydrogen-bond acceptors (Lipinski definition) is 3. The van der Waals surface area contributed by atoms with E-state index in [2.05, 4.69) is 5.32 Å². The lowest BCUT2D eigenvalue weighted by Gasteiger charge is -2.15. The average Bonchev–Trinajstić information content (AvgIpc) is 2.66. The molecular formula is C12H22N2O3. The number of nitrogens with two attached hydrogens (primary N) is 1. The number of amides is 1. The smallest absolute Gasteiger partial charge is 0.306 e. The number of hydrogen-bond donors (Lipinski definition) is 3. The van der Waals surface area contributed by atoms with Crippen LogP contribution in [0.1, 0.15) is 45.4 Å². The number of carboxylic acid groups (broad SMARTS) is 1. The lowest BCUT2D eigenvalue weighted by atomic mass is 10.1. The van der Waals surface area contributed by atoms with Crippen LogP contribution in [-0.4, -0.2) is 29.1 Å². The highest BCUT2D eigenvalue weighted by molar-refractivity contribution is 5.77. The molecule has 0 radical (unpaired) electrons. The molecule has 0 saturated heterocycles. The molecule has 1 aliphatic rings. The van der Waals surface area contributed by atoms with Crippen LogP contribution < -0.4 is 11.1 Å². The zero-order valence-electron chi connectivity index (χ0n) is 10.3. The number of carboxylic acids is 1. The van der Waals surface area contributed by atoms with Crippen LogP contribution in [0.25, 0.3) is 0 Å². The Kier molecular flexibility index (Phi) is 5.41. The van der Waals surface area contributed by atoms with E-state index in [1.165, 1.54) is 0 Å². The van der Waals surface area contributed by atoms with Crippen molar-refractivity contribution in [1.29, 1.82) is 0 Å². The van der Waals surface area contributed by atoms with E-state index >= 15 is 0 Å². The van der Waals surface area contributed by atoms with Gasteiger partial charge < -0.3 is 16.2 Å². The number of rotatable bonds is 6. The molecule has 1 fully saturated rings. The molecule has 98 valence electrons. The molecule has 0 aromatic carbocycles. The molecule has 1 unspecified atom stereocenters. The molecule has 0 bridgehead atoms. The first-order valence-electron chi connectivity index (χ1n) is 6.30. The van der Waals surface area contributed by atoms with E-state index in [9.17, 15) is 9.59 Å². The highest BCUT2D eigenvalue weighted by Gasteiger charge is 2.30. The minimum Gasteiger partial charge on any atom is -0.481 e. The molecule has 1 amide bonds. The maximum atomic E-state index is 11.6. The summed E-state index contributed by atoms with van der Waals surface area (Å²) in [6.45, 7) is 2.03. The second kappa shape index (κ2) is 6.59. The monoisotopic (exact) mass is 242 g/mol. The van der Waals surface area contributed by atoms with Gasteiger partial charge in [0.15, 0.2) is 0 Å². The Morgan fingerprint density at radius 2 is 2.18 bits per heavy atom. The number of aliphatic carboxylic acids is 1. The maximum Gasteiger partial charge on any atom is 0.306 e. The summed E-state index contributed by atoms with van der Waals surface area (Å²) in [5.74, 6) is -1.11. The fourth-order valence-electron chi connectivity index (χ4n) is 2.33. The molecule has 0 aromatic rings. The predicted molar refractivity (Wildman–Crippen MR) is 64.4 cm³/mol. The highest BCUT2D eigenvalue weighted by Crippen LogP contribution is 2.25. The summed E-state index contributed by atoms with van der Waals surface area (Å²) in [7, 11) is 0. The Hall–Kier alpha value is -1.10. The van der Waals surface area contributed by atoms with Gasteiger partial charge in [0.2, 0.25) is 5.91 Å². The van der Waals surface area contributed by atoms with Crippen LogP contribution in [0.3, 0.4) is 0 Å². The molecule has 17 heavy (non-hydrogen) atoms. The van der Waals surface area contributed by atoms with Gasteiger partial charge in [-0.15, -0.1) is 0 Å². The molecule has 5 nitrogen and oxygen atoms in total. The fraction of sp³-hybridized carbons (Fsp3) is 0.833. The van der Waals surface area contributed by atoms with Crippen LogP contribution in [0.4, 0.5) is 0 Å². The van der Waals surface area contributed by atoms with Gasteiger partial charge in [-0.05, 0) is 25.7 Å². The first kappa shape index (κ1) is 14.0. The van der Waals surface area contributed by atoms with E-state index in [0.29, 0.717) is 19.3 Å². The standard InChI is InChI=1S/C12H22N2O3/c1-2-3-9(13)7-11(15)14-10-5-4-8(6-10)12(16)17/h8-10H,2-7,13H2,1H3,(H,14,15)(H,16,17)/t8-,9?,10+/m1/s1. The van der Waals surface area contributed by atoms with Crippen LogP contribution >= 0.6 is 0 Å². The van der Waals surface area contributed by atoms with Gasteiger partial charge in [0.05, 0.1) is 5.92 Å². The van der Waals surface area contributed by atoms with Crippen molar-refractivity contribution >= 4 is 11.9 Å². The molecule has 1 aliphatic carbocycles. The summed E-state index contributed by atoms with van der Waals surface area (Å²) < 4.78 is 0. The van der Waals surface area contributed by atoms with Crippen molar-refractivity contribution in [3.05, 3.63) is 0 Å². The van der Waals surface area contributed by atoms with Crippen LogP contribution in [0.15, 0.2) is 0 Å². The van der Waals surface area contributed by atoms with Crippen molar-refractivity contribution in [3.8, 4) is 0 Å². The Morgan fingerprint density at radius 1 is 1.47 bits per heavy atom. The lowest BCUT2D eigenvalue weighted by molar-refractivity contribution is -0.141. The predicted octanol–water partition coefficient (Wildman–Crippen LogP) is 0.873. The normalized spacial score (nSPS) is 25.5. The van der Waals surface area contributed by atoms with Crippen LogP contribution in [0.5, 0.6) is 0 Å². The molecule has 0 aromatic heterocycles. The summed E-state index contributed by atoms with van der Waals surface area (Å²) in [5.41, 5.74) is 5.78. The lowest BCUT2D eigenvalue weighted by Crippen LogP contribution is -2.37. The van der Waals surface area contributed by atoms with Crippen molar-refractivity contribution in [1.82, 2.24) is 5.32 Å². The molecule has 0 aliphatic heterocycles. The van der Waals surface area contributed by atoms with E-state index < -0.39 is 5.97 Å². The summed E-state index contributed by atoms with van der Waals surface area (Å²) >= 11 is 0. The molecular weight excluding hydrogens is 220 g/mol. The number of carbonyl (C=O) groups excluding carboxylic acids is 1. The summed E-state index contributed by atoms with van der Waals surface area (Å²) in [6.07, 6.45) is 4.11. The number of carbonyl (C=O) groups is 2. The zero-order chi connectivity index (χ0) is 12.8. The molecule has 0 heterocycles. The van der Waals surface area contributed by atoms with Gasteiger partial charge in [-0.25, -0.2) is 0 Å². The third kappa shape index (κ3) is 4.73. The number of nitrogens with one attached hydrogen (secondary N) is 1. The maximum absolute atomic E-state index is 11.6. The van der Waals surface area contributed by atoms with Crippen LogP contribution in [0, 0.1) is 5.92 Å². The van der Waals surface area contributed by atoms with E-state index in [0.717, 1.165) is 19.3 Å². The third-order valence-corrected chi connectivity index (χ3v) is 3.25. The minimum atomic E-state index is -0.760. The SMILES string of the molecule is CCCC(N)CC(=O)N[C@H]1CC[C@@H](C(=O)O)C1. The Balaban J connectivity index is 2.26. The Morgan fingerprint density at radius 3 is 2.71 bits per heavy atom. The van der Waals surface area contributed by atoms with Crippen molar-refractivity contribution in [2.45, 2.75) is 57.5 Å². The first-order chi connectivity index (χ1) is 8.02. The van der Waals surface area contributed by atoms with Gasteiger partial charge in [-0.3, -0.25) is 9.59 Å². The molecule has 3 atom stereocenters. The summed E-state index contributed by atoms with van der Waals surface area (Å²) in [5, 5.41) is 11.7. The van der Waals surface area contributed by atoms with Gasteiger partial charge in [0.1, 0.15) is 0 Å². The van der Waals surface area contributed by atoms with E-state index in [1.807, 2.05) is 6.92 Å². The van der Waals surface area contributed by atoms with Crippen molar-refractivity contribution in [2.75, 3.05) is 0 Å². The van der Waals surface area contributed by atoms with E-state index in [4.69, 9.17) is 10.8 Å². The summed E-state index contributed by atoms with van der Waals surface area (Å²) in [4.78, 5) is 22.4. The zero-order valence-corrected chi connectivity index (χ0v) is 10.3.